The standard InChI is InChI=1S/C30H28N4O2/c35-29-30(24-6-1-2-7-27(24)31-29)18-25(30)22-9-10-23-26(32-33-28(23)17-22)11-8-20-4-3-5-21(16-20)19-34-12-14-36-15-13-34/h1-11,16-17,25H,12-15,18-19H2,(H,31,35)(H,32,33)/t25-,30-/m0/s1. The third kappa shape index (κ3) is 3.56. The van der Waals surface area contributed by atoms with Crippen molar-refractivity contribution in [1.29, 1.82) is 0 Å². The highest BCUT2D eigenvalue weighted by Crippen LogP contribution is 2.64. The summed E-state index contributed by atoms with van der Waals surface area (Å²) in [7, 11) is 0. The number of nitrogens with one attached hydrogen (secondary N) is 2. The lowest BCUT2D eigenvalue weighted by Crippen LogP contribution is -2.35. The van der Waals surface area contributed by atoms with Gasteiger partial charge in [0.2, 0.25) is 5.91 Å². The summed E-state index contributed by atoms with van der Waals surface area (Å²) in [5, 5.41) is 11.9. The highest BCUT2D eigenvalue weighted by molar-refractivity contribution is 6.09. The molecule has 1 saturated heterocycles. The number of ether oxygens (including phenoxy) is 1. The zero-order valence-electron chi connectivity index (χ0n) is 20.0. The molecule has 2 fully saturated rings. The molecule has 1 saturated carbocycles. The van der Waals surface area contributed by atoms with Crippen LogP contribution in [0.5, 0.6) is 0 Å². The van der Waals surface area contributed by atoms with Gasteiger partial charge in [-0.2, -0.15) is 5.10 Å². The first kappa shape index (κ1) is 21.5. The Morgan fingerprint density at radius 1 is 1.03 bits per heavy atom. The van der Waals surface area contributed by atoms with Gasteiger partial charge in [0.05, 0.1) is 29.8 Å². The summed E-state index contributed by atoms with van der Waals surface area (Å²) in [6.45, 7) is 4.55. The van der Waals surface area contributed by atoms with Gasteiger partial charge in [-0.1, -0.05) is 60.7 Å². The van der Waals surface area contributed by atoms with Crippen molar-refractivity contribution in [1.82, 2.24) is 15.1 Å². The van der Waals surface area contributed by atoms with Crippen LogP contribution in [0.2, 0.25) is 0 Å². The van der Waals surface area contributed by atoms with Crippen LogP contribution in [-0.4, -0.2) is 47.3 Å². The molecule has 7 rings (SSSR count). The number of fused-ring (bicyclic) bond motifs is 3. The lowest BCUT2D eigenvalue weighted by atomic mass is 9.92. The zero-order chi connectivity index (χ0) is 24.1. The SMILES string of the molecule is O=C1Nc2ccccc2[C@]12C[C@H]2c1ccc2c(C=Cc3cccc(CN4CCOCC4)c3)n[nH]c2c1. The number of nitrogens with zero attached hydrogens (tertiary/aromatic N) is 2. The quantitative estimate of drug-likeness (QED) is 0.428. The minimum atomic E-state index is -0.417. The first-order chi connectivity index (χ1) is 17.7. The number of amides is 1. The Morgan fingerprint density at radius 3 is 2.83 bits per heavy atom. The summed E-state index contributed by atoms with van der Waals surface area (Å²) in [5.41, 5.74) is 7.25. The van der Waals surface area contributed by atoms with Crippen molar-refractivity contribution in [3.05, 3.63) is 94.7 Å². The van der Waals surface area contributed by atoms with Gasteiger partial charge >= 0.3 is 0 Å². The van der Waals surface area contributed by atoms with E-state index in [0.29, 0.717) is 0 Å². The fourth-order valence-corrected chi connectivity index (χ4v) is 5.94. The summed E-state index contributed by atoms with van der Waals surface area (Å²) >= 11 is 0. The van der Waals surface area contributed by atoms with E-state index in [0.717, 1.165) is 67.1 Å². The van der Waals surface area contributed by atoms with E-state index >= 15 is 0 Å². The third-order valence-corrected chi connectivity index (χ3v) is 7.94. The van der Waals surface area contributed by atoms with Crippen molar-refractivity contribution >= 4 is 34.6 Å². The maximum Gasteiger partial charge on any atom is 0.235 e. The topological polar surface area (TPSA) is 70.2 Å². The van der Waals surface area contributed by atoms with Crippen LogP contribution in [0.25, 0.3) is 23.1 Å². The monoisotopic (exact) mass is 476 g/mol. The number of rotatable bonds is 5. The molecule has 1 aromatic heterocycles. The number of carbonyl (C=O) groups excluding carboxylic acids is 1. The largest absolute Gasteiger partial charge is 0.379 e. The Balaban J connectivity index is 1.10. The van der Waals surface area contributed by atoms with E-state index in [4.69, 9.17) is 4.74 Å². The van der Waals surface area contributed by atoms with Crippen LogP contribution in [0.1, 0.15) is 40.3 Å². The molecule has 0 unspecified atom stereocenters. The number of carbonyl (C=O) groups is 1. The second-order valence-corrected chi connectivity index (χ2v) is 10.1. The Labute approximate surface area is 210 Å². The molecule has 2 N–H and O–H groups in total. The van der Waals surface area contributed by atoms with Crippen molar-refractivity contribution in [3.63, 3.8) is 0 Å². The van der Waals surface area contributed by atoms with Crippen LogP contribution in [0.15, 0.2) is 66.7 Å². The molecule has 0 radical (unpaired) electrons. The summed E-state index contributed by atoms with van der Waals surface area (Å²) in [4.78, 5) is 15.3. The number of hydrogen-bond acceptors (Lipinski definition) is 4. The van der Waals surface area contributed by atoms with Crippen LogP contribution >= 0.6 is 0 Å². The highest BCUT2D eigenvalue weighted by Gasteiger charge is 2.65. The van der Waals surface area contributed by atoms with Gasteiger partial charge in [-0.05, 0) is 46.9 Å². The van der Waals surface area contributed by atoms with Gasteiger partial charge in [0.1, 0.15) is 0 Å². The van der Waals surface area contributed by atoms with E-state index in [-0.39, 0.29) is 11.8 Å². The molecule has 2 atom stereocenters. The Bertz CT molecular complexity index is 1500. The Kier molecular flexibility index (Phi) is 5.04. The van der Waals surface area contributed by atoms with Crippen LogP contribution < -0.4 is 5.32 Å². The highest BCUT2D eigenvalue weighted by atomic mass is 16.5. The summed E-state index contributed by atoms with van der Waals surface area (Å²) in [5.74, 6) is 0.319. The van der Waals surface area contributed by atoms with Crippen molar-refractivity contribution < 1.29 is 9.53 Å². The Hall–Kier alpha value is -3.74. The van der Waals surface area contributed by atoms with E-state index in [1.165, 1.54) is 16.7 Å². The fraction of sp³-hybridized carbons (Fsp3) is 0.267. The fourth-order valence-electron chi connectivity index (χ4n) is 5.94. The van der Waals surface area contributed by atoms with Gasteiger partial charge in [0, 0.05) is 36.6 Å². The molecule has 180 valence electrons. The molecule has 1 aliphatic carbocycles. The predicted molar refractivity (Wildman–Crippen MR) is 142 cm³/mol. The van der Waals surface area contributed by atoms with E-state index in [2.05, 4.69) is 81.1 Å². The maximum atomic E-state index is 12.9. The summed E-state index contributed by atoms with van der Waals surface area (Å²) in [6, 6.07) is 23.2. The predicted octanol–water partition coefficient (Wildman–Crippen LogP) is 4.94. The molecule has 0 bridgehead atoms. The zero-order valence-corrected chi connectivity index (χ0v) is 20.0. The average molecular weight is 477 g/mol. The summed E-state index contributed by atoms with van der Waals surface area (Å²) < 4.78 is 5.46. The van der Waals surface area contributed by atoms with E-state index in [9.17, 15) is 4.79 Å². The number of aromatic amines is 1. The number of morpholine rings is 1. The molecule has 3 heterocycles. The smallest absolute Gasteiger partial charge is 0.235 e. The van der Waals surface area contributed by atoms with Crippen LogP contribution in [0.4, 0.5) is 5.69 Å². The molecule has 6 heteroatoms. The molecule has 36 heavy (non-hydrogen) atoms. The van der Waals surface area contributed by atoms with Crippen molar-refractivity contribution in [2.75, 3.05) is 31.6 Å². The molecule has 3 aromatic carbocycles. The van der Waals surface area contributed by atoms with Crippen LogP contribution in [0.3, 0.4) is 0 Å². The molecule has 1 spiro atoms. The van der Waals surface area contributed by atoms with Crippen molar-refractivity contribution in [3.8, 4) is 0 Å². The second-order valence-electron chi connectivity index (χ2n) is 10.1. The van der Waals surface area contributed by atoms with Gasteiger partial charge in [-0.3, -0.25) is 14.8 Å². The van der Waals surface area contributed by atoms with E-state index < -0.39 is 5.41 Å². The molecular weight excluding hydrogens is 448 g/mol. The molecule has 6 nitrogen and oxygen atoms in total. The molecular formula is C30H28N4O2. The maximum absolute atomic E-state index is 12.9. The van der Waals surface area contributed by atoms with Gasteiger partial charge < -0.3 is 10.1 Å². The molecule has 1 amide bonds. The molecule has 3 aliphatic rings. The van der Waals surface area contributed by atoms with Gasteiger partial charge in [0.25, 0.3) is 0 Å². The van der Waals surface area contributed by atoms with Crippen molar-refractivity contribution in [2.45, 2.75) is 24.3 Å². The number of para-hydroxylation sites is 1. The average Bonchev–Trinajstić information content (AvgIpc) is 3.44. The summed E-state index contributed by atoms with van der Waals surface area (Å²) in [6.07, 6.45) is 5.05. The first-order valence-corrected chi connectivity index (χ1v) is 12.7. The van der Waals surface area contributed by atoms with E-state index in [1.54, 1.807) is 0 Å². The second kappa shape index (κ2) is 8.43. The molecule has 4 aromatic rings. The van der Waals surface area contributed by atoms with Crippen LogP contribution in [-0.2, 0) is 21.5 Å². The van der Waals surface area contributed by atoms with Crippen molar-refractivity contribution in [2.24, 2.45) is 0 Å². The van der Waals surface area contributed by atoms with Gasteiger partial charge in [0.15, 0.2) is 0 Å². The third-order valence-electron chi connectivity index (χ3n) is 7.94. The minimum absolute atomic E-state index is 0.123. The van der Waals surface area contributed by atoms with Gasteiger partial charge in [-0.25, -0.2) is 0 Å². The normalized spacial score (nSPS) is 23.4. The Morgan fingerprint density at radius 2 is 1.92 bits per heavy atom. The number of H-pyrrole nitrogens is 1. The minimum Gasteiger partial charge on any atom is -0.379 e. The first-order valence-electron chi connectivity index (χ1n) is 12.7. The molecule has 2 aliphatic heterocycles. The number of anilines is 1. The van der Waals surface area contributed by atoms with Gasteiger partial charge in [-0.15, -0.1) is 0 Å². The number of hydrogen-bond donors (Lipinski definition) is 2. The lowest BCUT2D eigenvalue weighted by Gasteiger charge is -2.26. The number of aromatic nitrogens is 2. The van der Waals surface area contributed by atoms with E-state index in [1.807, 2.05) is 18.2 Å². The lowest BCUT2D eigenvalue weighted by molar-refractivity contribution is -0.118. The van der Waals surface area contributed by atoms with Crippen LogP contribution in [0, 0.1) is 0 Å². The number of benzene rings is 3.